The number of rotatable bonds is 6. The lowest BCUT2D eigenvalue weighted by Crippen LogP contribution is -2.12. The highest BCUT2D eigenvalue weighted by atomic mass is 79.9. The zero-order chi connectivity index (χ0) is 13.5. The molecule has 1 aromatic carbocycles. The Labute approximate surface area is 122 Å². The quantitative estimate of drug-likeness (QED) is 0.622. The maximum atomic E-state index is 11.5. The highest BCUT2D eigenvalue weighted by molar-refractivity contribution is 9.10. The Kier molecular flexibility index (Phi) is 5.34. The first-order valence-electron chi connectivity index (χ1n) is 5.66. The number of anilines is 1. The van der Waals surface area contributed by atoms with Crippen LogP contribution in [0.1, 0.15) is 12.8 Å². The Morgan fingerprint density at radius 2 is 2.16 bits per heavy atom. The minimum atomic E-state index is -0.0993. The van der Waals surface area contributed by atoms with Gasteiger partial charge in [-0.25, -0.2) is 0 Å². The van der Waals surface area contributed by atoms with Crippen LogP contribution in [0.25, 0.3) is 0 Å². The van der Waals surface area contributed by atoms with Gasteiger partial charge in [0.25, 0.3) is 5.95 Å². The Morgan fingerprint density at radius 3 is 2.84 bits per heavy atom. The topological polar surface area (TPSA) is 83.6 Å². The number of aromatic amines is 1. The SMILES string of the molecule is O=C(CCCSc1ccc(Br)cc1)Nc1nn[nH]n1. The number of benzene rings is 1. The van der Waals surface area contributed by atoms with Crippen molar-refractivity contribution in [2.75, 3.05) is 11.1 Å². The van der Waals surface area contributed by atoms with Crippen molar-refractivity contribution in [2.45, 2.75) is 17.7 Å². The van der Waals surface area contributed by atoms with Crippen LogP contribution in [-0.4, -0.2) is 32.3 Å². The zero-order valence-electron chi connectivity index (χ0n) is 9.97. The fourth-order valence-corrected chi connectivity index (χ4v) is 2.47. The van der Waals surface area contributed by atoms with Crippen LogP contribution in [0.5, 0.6) is 0 Å². The van der Waals surface area contributed by atoms with E-state index in [0.717, 1.165) is 16.6 Å². The van der Waals surface area contributed by atoms with E-state index in [1.54, 1.807) is 11.8 Å². The van der Waals surface area contributed by atoms with Crippen molar-refractivity contribution in [1.82, 2.24) is 20.6 Å². The first-order chi connectivity index (χ1) is 9.24. The third kappa shape index (κ3) is 4.99. The summed E-state index contributed by atoms with van der Waals surface area (Å²) in [7, 11) is 0. The average molecular weight is 342 g/mol. The standard InChI is InChI=1S/C11H12BrN5OS/c12-8-3-5-9(6-4-8)19-7-1-2-10(18)13-11-14-16-17-15-11/h3-6H,1-2,7H2,(H2,13,14,15,16,17,18). The molecule has 6 nitrogen and oxygen atoms in total. The van der Waals surface area contributed by atoms with E-state index in [2.05, 4.69) is 41.9 Å². The van der Waals surface area contributed by atoms with Crippen LogP contribution in [0, 0.1) is 0 Å². The molecule has 0 aliphatic heterocycles. The maximum absolute atomic E-state index is 11.5. The molecule has 0 saturated heterocycles. The fourth-order valence-electron chi connectivity index (χ4n) is 1.36. The molecule has 0 aliphatic rings. The van der Waals surface area contributed by atoms with Crippen molar-refractivity contribution in [1.29, 1.82) is 0 Å². The third-order valence-electron chi connectivity index (χ3n) is 2.23. The molecule has 1 aromatic heterocycles. The van der Waals surface area contributed by atoms with E-state index < -0.39 is 0 Å². The van der Waals surface area contributed by atoms with Gasteiger partial charge in [-0.3, -0.25) is 10.1 Å². The predicted octanol–water partition coefficient (Wildman–Crippen LogP) is 2.47. The maximum Gasteiger partial charge on any atom is 0.269 e. The first-order valence-corrected chi connectivity index (χ1v) is 7.43. The predicted molar refractivity (Wildman–Crippen MR) is 76.9 cm³/mol. The molecule has 2 aromatic rings. The number of nitrogens with one attached hydrogen (secondary N) is 2. The number of carbonyl (C=O) groups excluding carboxylic acids is 1. The second-order valence-electron chi connectivity index (χ2n) is 3.69. The summed E-state index contributed by atoms with van der Waals surface area (Å²) < 4.78 is 1.07. The smallest absolute Gasteiger partial charge is 0.269 e. The number of hydrogen-bond donors (Lipinski definition) is 2. The summed E-state index contributed by atoms with van der Waals surface area (Å²) in [5, 5.41) is 15.5. The van der Waals surface area contributed by atoms with Gasteiger partial charge in [0.15, 0.2) is 0 Å². The van der Waals surface area contributed by atoms with Gasteiger partial charge in [0.1, 0.15) is 0 Å². The zero-order valence-corrected chi connectivity index (χ0v) is 12.4. The molecule has 0 radical (unpaired) electrons. The lowest BCUT2D eigenvalue weighted by atomic mass is 10.3. The summed E-state index contributed by atoms with van der Waals surface area (Å²) in [4.78, 5) is 12.7. The summed E-state index contributed by atoms with van der Waals surface area (Å²) in [6, 6.07) is 8.11. The van der Waals surface area contributed by atoms with Crippen molar-refractivity contribution in [2.24, 2.45) is 0 Å². The number of nitrogens with zero attached hydrogens (tertiary/aromatic N) is 3. The molecule has 19 heavy (non-hydrogen) atoms. The van der Waals surface area contributed by atoms with Crippen LogP contribution in [0.4, 0.5) is 5.95 Å². The molecule has 0 bridgehead atoms. The molecular formula is C11H12BrN5OS. The van der Waals surface area contributed by atoms with E-state index in [9.17, 15) is 4.79 Å². The van der Waals surface area contributed by atoms with Gasteiger partial charge >= 0.3 is 0 Å². The van der Waals surface area contributed by atoms with E-state index in [-0.39, 0.29) is 11.9 Å². The van der Waals surface area contributed by atoms with Crippen LogP contribution >= 0.6 is 27.7 Å². The van der Waals surface area contributed by atoms with E-state index in [0.29, 0.717) is 6.42 Å². The lowest BCUT2D eigenvalue weighted by molar-refractivity contribution is -0.116. The second kappa shape index (κ2) is 7.25. The number of thioether (sulfide) groups is 1. The minimum Gasteiger partial charge on any atom is -0.292 e. The molecule has 2 N–H and O–H groups in total. The average Bonchev–Trinajstić information content (AvgIpc) is 2.89. The van der Waals surface area contributed by atoms with Crippen LogP contribution < -0.4 is 5.32 Å². The van der Waals surface area contributed by atoms with Crippen LogP contribution in [0.15, 0.2) is 33.6 Å². The number of tetrazole rings is 1. The summed E-state index contributed by atoms with van der Waals surface area (Å²) in [6.07, 6.45) is 1.24. The molecule has 0 aliphatic carbocycles. The molecule has 1 heterocycles. The van der Waals surface area contributed by atoms with Gasteiger partial charge in [-0.05, 0) is 41.7 Å². The van der Waals surface area contributed by atoms with Gasteiger partial charge in [-0.2, -0.15) is 5.21 Å². The van der Waals surface area contributed by atoms with Gasteiger partial charge in [0.2, 0.25) is 5.91 Å². The van der Waals surface area contributed by atoms with Crippen molar-refractivity contribution < 1.29 is 4.79 Å². The Balaban J connectivity index is 1.64. The van der Waals surface area contributed by atoms with Gasteiger partial charge < -0.3 is 0 Å². The Hall–Kier alpha value is -1.41. The molecule has 100 valence electrons. The van der Waals surface area contributed by atoms with Crippen LogP contribution in [0.2, 0.25) is 0 Å². The summed E-state index contributed by atoms with van der Waals surface area (Å²) in [5.74, 6) is 1.00. The summed E-state index contributed by atoms with van der Waals surface area (Å²) in [6.45, 7) is 0. The largest absolute Gasteiger partial charge is 0.292 e. The number of halogens is 1. The fraction of sp³-hybridized carbons (Fsp3) is 0.273. The number of hydrogen-bond acceptors (Lipinski definition) is 5. The summed E-state index contributed by atoms with van der Waals surface area (Å²) >= 11 is 5.12. The van der Waals surface area contributed by atoms with E-state index in [4.69, 9.17) is 0 Å². The Bertz CT molecular complexity index is 516. The minimum absolute atomic E-state index is 0.0993. The van der Waals surface area contributed by atoms with Gasteiger partial charge in [0, 0.05) is 15.8 Å². The molecule has 2 rings (SSSR count). The molecule has 0 unspecified atom stereocenters. The van der Waals surface area contributed by atoms with E-state index in [1.807, 2.05) is 24.3 Å². The van der Waals surface area contributed by atoms with Gasteiger partial charge in [-0.1, -0.05) is 21.0 Å². The normalized spacial score (nSPS) is 10.4. The molecule has 0 fully saturated rings. The molecule has 0 saturated carbocycles. The number of H-pyrrole nitrogens is 1. The number of carbonyl (C=O) groups is 1. The second-order valence-corrected chi connectivity index (χ2v) is 5.77. The number of amides is 1. The van der Waals surface area contributed by atoms with E-state index >= 15 is 0 Å². The van der Waals surface area contributed by atoms with Crippen molar-refractivity contribution in [3.63, 3.8) is 0 Å². The molecule has 0 spiro atoms. The van der Waals surface area contributed by atoms with Gasteiger partial charge in [0.05, 0.1) is 0 Å². The lowest BCUT2D eigenvalue weighted by Gasteiger charge is -2.02. The van der Waals surface area contributed by atoms with Crippen molar-refractivity contribution in [3.8, 4) is 0 Å². The molecular weight excluding hydrogens is 330 g/mol. The summed E-state index contributed by atoms with van der Waals surface area (Å²) in [5.41, 5.74) is 0. The monoisotopic (exact) mass is 341 g/mol. The van der Waals surface area contributed by atoms with Crippen molar-refractivity contribution >= 4 is 39.5 Å². The third-order valence-corrected chi connectivity index (χ3v) is 3.85. The Morgan fingerprint density at radius 1 is 1.37 bits per heavy atom. The highest BCUT2D eigenvalue weighted by Crippen LogP contribution is 2.21. The van der Waals surface area contributed by atoms with Crippen LogP contribution in [0.3, 0.4) is 0 Å². The van der Waals surface area contributed by atoms with Crippen molar-refractivity contribution in [3.05, 3.63) is 28.7 Å². The van der Waals surface area contributed by atoms with E-state index in [1.165, 1.54) is 4.90 Å². The molecule has 8 heteroatoms. The van der Waals surface area contributed by atoms with Crippen LogP contribution in [-0.2, 0) is 4.79 Å². The molecule has 1 amide bonds. The first kappa shape index (κ1) is 14.0. The molecule has 0 atom stereocenters. The highest BCUT2D eigenvalue weighted by Gasteiger charge is 2.05. The van der Waals surface area contributed by atoms with Gasteiger partial charge in [-0.15, -0.1) is 16.9 Å². The number of aromatic nitrogens is 4.